The topological polar surface area (TPSA) is 55.2 Å². The van der Waals surface area contributed by atoms with Crippen LogP contribution in [0.25, 0.3) is 0 Å². The first-order valence-electron chi connectivity index (χ1n) is 5.58. The van der Waals surface area contributed by atoms with Crippen LogP contribution in [0.15, 0.2) is 29.0 Å². The molecule has 0 unspecified atom stereocenters. The lowest BCUT2D eigenvalue weighted by molar-refractivity contribution is -0.384. The molecule has 0 saturated carbocycles. The monoisotopic (exact) mass is 262 g/mol. The third kappa shape index (κ3) is 2.68. The molecule has 0 aliphatic heterocycles. The van der Waals surface area contributed by atoms with Gasteiger partial charge in [-0.25, -0.2) is 0 Å². The molecule has 0 atom stereocenters. The van der Waals surface area contributed by atoms with E-state index in [1.54, 1.807) is 23.5 Å². The maximum absolute atomic E-state index is 10.9. The van der Waals surface area contributed by atoms with Gasteiger partial charge in [-0.15, -0.1) is 0 Å². The summed E-state index contributed by atoms with van der Waals surface area (Å²) >= 11 is 1.64. The van der Waals surface area contributed by atoms with Gasteiger partial charge >= 0.3 is 0 Å². The van der Waals surface area contributed by atoms with Crippen LogP contribution in [0, 0.1) is 24.0 Å². The minimum absolute atomic E-state index is 0.119. The Kier molecular flexibility index (Phi) is 3.62. The summed E-state index contributed by atoms with van der Waals surface area (Å²) in [6, 6.07) is 5.09. The maximum Gasteiger partial charge on any atom is 0.292 e. The Labute approximate surface area is 109 Å². The first kappa shape index (κ1) is 12.6. The van der Waals surface area contributed by atoms with Crippen LogP contribution in [-0.4, -0.2) is 4.92 Å². The number of aryl methyl sites for hydroxylation is 2. The van der Waals surface area contributed by atoms with Crippen molar-refractivity contribution in [3.8, 4) is 0 Å². The third-order valence-electron chi connectivity index (χ3n) is 2.78. The first-order chi connectivity index (χ1) is 8.58. The van der Waals surface area contributed by atoms with Gasteiger partial charge in [0.15, 0.2) is 0 Å². The van der Waals surface area contributed by atoms with E-state index in [1.807, 2.05) is 13.8 Å². The summed E-state index contributed by atoms with van der Waals surface area (Å²) in [6.07, 6.45) is 0. The smallest absolute Gasteiger partial charge is 0.292 e. The zero-order valence-electron chi connectivity index (χ0n) is 10.3. The van der Waals surface area contributed by atoms with Crippen molar-refractivity contribution in [1.29, 1.82) is 0 Å². The van der Waals surface area contributed by atoms with Crippen LogP contribution >= 0.6 is 11.3 Å². The lowest BCUT2D eigenvalue weighted by Gasteiger charge is -2.07. The van der Waals surface area contributed by atoms with E-state index >= 15 is 0 Å². The number of rotatable bonds is 4. The molecular weight excluding hydrogens is 248 g/mol. The Morgan fingerprint density at radius 2 is 2.11 bits per heavy atom. The molecule has 0 amide bonds. The van der Waals surface area contributed by atoms with Gasteiger partial charge in [0.25, 0.3) is 5.69 Å². The Morgan fingerprint density at radius 1 is 1.33 bits per heavy atom. The van der Waals surface area contributed by atoms with E-state index < -0.39 is 0 Å². The number of nitro groups is 1. The molecule has 5 heteroatoms. The fraction of sp³-hybridized carbons (Fsp3) is 0.231. The van der Waals surface area contributed by atoms with E-state index in [-0.39, 0.29) is 10.6 Å². The number of thiophene rings is 1. The van der Waals surface area contributed by atoms with E-state index in [0.717, 1.165) is 5.56 Å². The Bertz CT molecular complexity index is 578. The summed E-state index contributed by atoms with van der Waals surface area (Å²) < 4.78 is 0. The molecule has 94 valence electrons. The van der Waals surface area contributed by atoms with E-state index in [4.69, 9.17) is 0 Å². The Hall–Kier alpha value is -1.88. The number of hydrogen-bond donors (Lipinski definition) is 1. The summed E-state index contributed by atoms with van der Waals surface area (Å²) in [4.78, 5) is 10.6. The molecule has 4 nitrogen and oxygen atoms in total. The minimum Gasteiger partial charge on any atom is -0.375 e. The average Bonchev–Trinajstić information content (AvgIpc) is 2.72. The molecular formula is C13H14N2O2S. The summed E-state index contributed by atoms with van der Waals surface area (Å²) in [7, 11) is 0. The van der Waals surface area contributed by atoms with Gasteiger partial charge in [0.2, 0.25) is 0 Å². The van der Waals surface area contributed by atoms with Crippen LogP contribution < -0.4 is 5.32 Å². The summed E-state index contributed by atoms with van der Waals surface area (Å²) in [5.41, 5.74) is 4.09. The third-order valence-corrected chi connectivity index (χ3v) is 3.69. The SMILES string of the molecule is Cc1ccc([N+](=O)[O-])c(NCc2cscc2C)c1. The molecule has 1 heterocycles. The van der Waals surface area contributed by atoms with Gasteiger partial charge in [0.1, 0.15) is 5.69 Å². The van der Waals surface area contributed by atoms with E-state index in [2.05, 4.69) is 16.1 Å². The summed E-state index contributed by atoms with van der Waals surface area (Å²) in [5.74, 6) is 0. The van der Waals surface area contributed by atoms with Gasteiger partial charge < -0.3 is 5.32 Å². The second kappa shape index (κ2) is 5.18. The lowest BCUT2D eigenvalue weighted by atomic mass is 10.1. The minimum atomic E-state index is -0.359. The molecule has 2 aromatic rings. The molecule has 2 rings (SSSR count). The fourth-order valence-corrected chi connectivity index (χ4v) is 2.57. The van der Waals surface area contributed by atoms with Gasteiger partial charge in [-0.05, 0) is 47.4 Å². The molecule has 1 aromatic carbocycles. The summed E-state index contributed by atoms with van der Waals surface area (Å²) in [6.45, 7) is 4.57. The van der Waals surface area contributed by atoms with Crippen molar-refractivity contribution in [3.63, 3.8) is 0 Å². The molecule has 0 bridgehead atoms. The van der Waals surface area contributed by atoms with Gasteiger partial charge in [-0.2, -0.15) is 11.3 Å². The van der Waals surface area contributed by atoms with Gasteiger partial charge in [0.05, 0.1) is 4.92 Å². The van der Waals surface area contributed by atoms with Crippen molar-refractivity contribution in [1.82, 2.24) is 0 Å². The predicted octanol–water partition coefficient (Wildman–Crippen LogP) is 3.89. The Morgan fingerprint density at radius 3 is 2.72 bits per heavy atom. The second-order valence-electron chi connectivity index (χ2n) is 4.21. The van der Waals surface area contributed by atoms with Gasteiger partial charge in [-0.3, -0.25) is 10.1 Å². The highest BCUT2D eigenvalue weighted by Crippen LogP contribution is 2.26. The van der Waals surface area contributed by atoms with Crippen molar-refractivity contribution in [3.05, 3.63) is 55.8 Å². The molecule has 0 aliphatic carbocycles. The van der Waals surface area contributed by atoms with Crippen LogP contribution in [0.4, 0.5) is 11.4 Å². The van der Waals surface area contributed by atoms with Crippen LogP contribution in [0.2, 0.25) is 0 Å². The van der Waals surface area contributed by atoms with Crippen molar-refractivity contribution in [2.75, 3.05) is 5.32 Å². The standard InChI is InChI=1S/C13H14N2O2S/c1-9-3-4-13(15(16)17)12(5-9)14-6-11-8-18-7-10(11)2/h3-5,7-8,14H,6H2,1-2H3. The van der Waals surface area contributed by atoms with Crippen LogP contribution in [0.5, 0.6) is 0 Å². The van der Waals surface area contributed by atoms with Gasteiger partial charge in [0, 0.05) is 12.6 Å². The van der Waals surface area contributed by atoms with Crippen LogP contribution in [0.3, 0.4) is 0 Å². The molecule has 0 saturated heterocycles. The molecule has 0 spiro atoms. The first-order valence-corrected chi connectivity index (χ1v) is 6.53. The summed E-state index contributed by atoms with van der Waals surface area (Å²) in [5, 5.41) is 18.2. The number of benzene rings is 1. The Balaban J connectivity index is 2.20. The molecule has 0 fully saturated rings. The molecule has 0 aliphatic rings. The lowest BCUT2D eigenvalue weighted by Crippen LogP contribution is -2.03. The van der Waals surface area contributed by atoms with E-state index in [0.29, 0.717) is 12.2 Å². The highest BCUT2D eigenvalue weighted by Gasteiger charge is 2.13. The zero-order valence-corrected chi connectivity index (χ0v) is 11.1. The van der Waals surface area contributed by atoms with E-state index in [9.17, 15) is 10.1 Å². The normalized spacial score (nSPS) is 10.3. The number of anilines is 1. The fourth-order valence-electron chi connectivity index (χ4n) is 1.71. The molecule has 1 aromatic heterocycles. The maximum atomic E-state index is 10.9. The van der Waals surface area contributed by atoms with Crippen molar-refractivity contribution in [2.24, 2.45) is 0 Å². The highest BCUT2D eigenvalue weighted by molar-refractivity contribution is 7.08. The molecule has 18 heavy (non-hydrogen) atoms. The number of nitrogens with one attached hydrogen (secondary N) is 1. The van der Waals surface area contributed by atoms with Crippen molar-refractivity contribution < 1.29 is 4.92 Å². The van der Waals surface area contributed by atoms with Crippen molar-refractivity contribution >= 4 is 22.7 Å². The van der Waals surface area contributed by atoms with Crippen molar-refractivity contribution in [2.45, 2.75) is 20.4 Å². The second-order valence-corrected chi connectivity index (χ2v) is 4.95. The molecule has 1 N–H and O–H groups in total. The average molecular weight is 262 g/mol. The molecule has 0 radical (unpaired) electrons. The number of hydrogen-bond acceptors (Lipinski definition) is 4. The number of nitro benzene ring substituents is 1. The van der Waals surface area contributed by atoms with Gasteiger partial charge in [-0.1, -0.05) is 6.07 Å². The predicted molar refractivity (Wildman–Crippen MR) is 74.2 cm³/mol. The quantitative estimate of drug-likeness (QED) is 0.672. The van der Waals surface area contributed by atoms with Crippen LogP contribution in [0.1, 0.15) is 16.7 Å². The van der Waals surface area contributed by atoms with Crippen LogP contribution in [-0.2, 0) is 6.54 Å². The zero-order chi connectivity index (χ0) is 13.1. The number of nitrogens with zero attached hydrogens (tertiary/aromatic N) is 1. The highest BCUT2D eigenvalue weighted by atomic mass is 32.1. The largest absolute Gasteiger partial charge is 0.375 e. The van der Waals surface area contributed by atoms with E-state index in [1.165, 1.54) is 17.2 Å².